The number of halogens is 1. The van der Waals surface area contributed by atoms with Crippen LogP contribution < -0.4 is 10.6 Å². The number of rotatable bonds is 7. The van der Waals surface area contributed by atoms with Gasteiger partial charge in [0.1, 0.15) is 6.61 Å². The highest BCUT2D eigenvalue weighted by Crippen LogP contribution is 2.44. The number of amides is 2. The van der Waals surface area contributed by atoms with E-state index in [9.17, 15) is 14.4 Å². The van der Waals surface area contributed by atoms with E-state index in [1.54, 1.807) is 12.1 Å². The molecule has 1 unspecified atom stereocenters. The van der Waals surface area contributed by atoms with Crippen molar-refractivity contribution in [2.24, 2.45) is 0 Å². The van der Waals surface area contributed by atoms with Gasteiger partial charge in [0.25, 0.3) is 5.91 Å². The highest BCUT2D eigenvalue weighted by atomic mass is 79.9. The van der Waals surface area contributed by atoms with Crippen molar-refractivity contribution in [3.63, 3.8) is 0 Å². The lowest BCUT2D eigenvalue weighted by Crippen LogP contribution is -2.43. The van der Waals surface area contributed by atoms with Gasteiger partial charge in [0.15, 0.2) is 6.04 Å². The van der Waals surface area contributed by atoms with Crippen molar-refractivity contribution in [3.8, 4) is 11.1 Å². The van der Waals surface area contributed by atoms with E-state index < -0.39 is 30.6 Å². The van der Waals surface area contributed by atoms with Crippen LogP contribution in [0.2, 0.25) is 0 Å². The molecule has 0 saturated carbocycles. The standard InChI is InChI=1S/C25H21BrN2O6/c26-21-10-9-14(11-19(21)23(30)28-22(12-29)24(31)32)27-25(33)34-13-20-17-7-3-1-5-15(17)16-6-2-4-8-18(16)20/h1-11,20,22,29H,12-13H2,(H,27,33)(H,28,30)(H,31,32). The van der Waals surface area contributed by atoms with Gasteiger partial charge in [-0.2, -0.15) is 0 Å². The fraction of sp³-hybridized carbons (Fsp3) is 0.160. The van der Waals surface area contributed by atoms with Gasteiger partial charge in [-0.3, -0.25) is 10.1 Å². The molecule has 2 amide bonds. The Morgan fingerprint density at radius 2 is 1.59 bits per heavy atom. The van der Waals surface area contributed by atoms with Crippen LogP contribution in [0.25, 0.3) is 11.1 Å². The monoisotopic (exact) mass is 524 g/mol. The summed E-state index contributed by atoms with van der Waals surface area (Å²) in [4.78, 5) is 36.0. The molecule has 4 N–H and O–H groups in total. The Bertz CT molecular complexity index is 1220. The zero-order valence-corrected chi connectivity index (χ0v) is 19.4. The van der Waals surface area contributed by atoms with E-state index in [0.717, 1.165) is 22.3 Å². The van der Waals surface area contributed by atoms with Crippen molar-refractivity contribution in [1.29, 1.82) is 0 Å². The molecule has 3 aromatic carbocycles. The summed E-state index contributed by atoms with van der Waals surface area (Å²) in [6, 6.07) is 19.1. The second-order valence-corrected chi connectivity index (χ2v) is 8.55. The van der Waals surface area contributed by atoms with Gasteiger partial charge in [-0.05, 0) is 56.4 Å². The molecule has 1 aliphatic rings. The minimum atomic E-state index is -1.45. The fourth-order valence-corrected chi connectivity index (χ4v) is 4.38. The van der Waals surface area contributed by atoms with Gasteiger partial charge in [-0.15, -0.1) is 0 Å². The maximum Gasteiger partial charge on any atom is 0.411 e. The molecule has 34 heavy (non-hydrogen) atoms. The molecule has 0 aromatic heterocycles. The van der Waals surface area contributed by atoms with Crippen LogP contribution in [0, 0.1) is 0 Å². The van der Waals surface area contributed by atoms with Crippen molar-refractivity contribution < 1.29 is 29.3 Å². The van der Waals surface area contributed by atoms with Crippen LogP contribution in [0.3, 0.4) is 0 Å². The van der Waals surface area contributed by atoms with Crippen LogP contribution in [-0.2, 0) is 9.53 Å². The molecule has 3 aromatic rings. The minimum Gasteiger partial charge on any atom is -0.480 e. The first-order valence-corrected chi connectivity index (χ1v) is 11.2. The zero-order valence-electron chi connectivity index (χ0n) is 17.8. The summed E-state index contributed by atoms with van der Waals surface area (Å²) >= 11 is 3.24. The van der Waals surface area contributed by atoms with Crippen LogP contribution in [0.15, 0.2) is 71.2 Å². The Balaban J connectivity index is 1.44. The summed E-state index contributed by atoms with van der Waals surface area (Å²) in [5.41, 5.74) is 4.82. The second kappa shape index (κ2) is 10.1. The molecule has 0 aliphatic heterocycles. The maximum absolute atomic E-state index is 12.5. The van der Waals surface area contributed by atoms with Gasteiger partial charge in [0.2, 0.25) is 0 Å². The molecule has 8 nitrogen and oxygen atoms in total. The number of nitrogens with one attached hydrogen (secondary N) is 2. The lowest BCUT2D eigenvalue weighted by Gasteiger charge is -2.15. The molecule has 0 heterocycles. The van der Waals surface area contributed by atoms with Gasteiger partial charge >= 0.3 is 12.1 Å². The fourth-order valence-electron chi connectivity index (χ4n) is 3.95. The van der Waals surface area contributed by atoms with Crippen molar-refractivity contribution in [2.75, 3.05) is 18.5 Å². The summed E-state index contributed by atoms with van der Waals surface area (Å²) in [6.07, 6.45) is -0.686. The van der Waals surface area contributed by atoms with Crippen molar-refractivity contribution in [2.45, 2.75) is 12.0 Å². The third kappa shape index (κ3) is 4.80. The normalized spacial score (nSPS) is 12.9. The number of aliphatic hydroxyl groups excluding tert-OH is 1. The Labute approximate surface area is 203 Å². The molecular formula is C25H21BrN2O6. The highest BCUT2D eigenvalue weighted by Gasteiger charge is 2.29. The number of carboxylic acid groups (broad SMARTS) is 1. The average molecular weight is 525 g/mol. The smallest absolute Gasteiger partial charge is 0.411 e. The summed E-state index contributed by atoms with van der Waals surface area (Å²) in [6.45, 7) is -0.614. The van der Waals surface area contributed by atoms with E-state index in [1.165, 1.54) is 6.07 Å². The number of aliphatic carboxylic acids is 1. The number of benzene rings is 3. The number of carbonyl (C=O) groups excluding carboxylic acids is 2. The Hall–Kier alpha value is -3.69. The molecule has 0 fully saturated rings. The second-order valence-electron chi connectivity index (χ2n) is 7.69. The van der Waals surface area contributed by atoms with E-state index in [1.807, 2.05) is 48.5 Å². The molecular weight excluding hydrogens is 504 g/mol. The summed E-state index contributed by atoms with van der Waals surface area (Å²) < 4.78 is 5.91. The van der Waals surface area contributed by atoms with Crippen LogP contribution in [0.4, 0.5) is 10.5 Å². The zero-order chi connectivity index (χ0) is 24.2. The molecule has 4 rings (SSSR count). The first-order valence-electron chi connectivity index (χ1n) is 10.4. The van der Waals surface area contributed by atoms with Crippen molar-refractivity contribution in [1.82, 2.24) is 5.32 Å². The van der Waals surface area contributed by atoms with Crippen LogP contribution >= 0.6 is 15.9 Å². The highest BCUT2D eigenvalue weighted by molar-refractivity contribution is 9.10. The van der Waals surface area contributed by atoms with E-state index >= 15 is 0 Å². The van der Waals surface area contributed by atoms with E-state index in [-0.39, 0.29) is 18.1 Å². The molecule has 0 bridgehead atoms. The topological polar surface area (TPSA) is 125 Å². The average Bonchev–Trinajstić information content (AvgIpc) is 3.15. The van der Waals surface area contributed by atoms with Gasteiger partial charge in [0, 0.05) is 16.1 Å². The minimum absolute atomic E-state index is 0.0872. The van der Waals surface area contributed by atoms with Gasteiger partial charge in [0.05, 0.1) is 12.2 Å². The summed E-state index contributed by atoms with van der Waals surface area (Å²) in [5, 5.41) is 23.0. The van der Waals surface area contributed by atoms with Gasteiger partial charge in [-0.1, -0.05) is 48.5 Å². The van der Waals surface area contributed by atoms with Gasteiger partial charge < -0.3 is 20.3 Å². The number of carbonyl (C=O) groups is 3. The molecule has 1 atom stereocenters. The molecule has 9 heteroatoms. The lowest BCUT2D eigenvalue weighted by molar-refractivity contribution is -0.140. The predicted octanol–water partition coefficient (Wildman–Crippen LogP) is 3.99. The quantitative estimate of drug-likeness (QED) is 0.370. The lowest BCUT2D eigenvalue weighted by atomic mass is 9.98. The predicted molar refractivity (Wildman–Crippen MR) is 129 cm³/mol. The first kappa shape index (κ1) is 23.5. The van der Waals surface area contributed by atoms with Crippen molar-refractivity contribution >= 4 is 39.6 Å². The number of carboxylic acids is 1. The third-order valence-electron chi connectivity index (χ3n) is 5.59. The molecule has 0 spiro atoms. The van der Waals surface area contributed by atoms with Crippen molar-refractivity contribution in [3.05, 3.63) is 87.9 Å². The number of hydrogen-bond acceptors (Lipinski definition) is 5. The summed E-state index contributed by atoms with van der Waals surface area (Å²) in [5.74, 6) is -2.17. The number of anilines is 1. The Morgan fingerprint density at radius 3 is 2.18 bits per heavy atom. The Kier molecular flexibility index (Phi) is 6.95. The van der Waals surface area contributed by atoms with E-state index in [4.69, 9.17) is 14.9 Å². The third-order valence-corrected chi connectivity index (χ3v) is 6.28. The Morgan fingerprint density at radius 1 is 0.971 bits per heavy atom. The number of aliphatic hydroxyl groups is 1. The number of fused-ring (bicyclic) bond motifs is 3. The first-order chi connectivity index (χ1) is 16.4. The summed E-state index contributed by atoms with van der Waals surface area (Å²) in [7, 11) is 0. The molecule has 1 aliphatic carbocycles. The molecule has 174 valence electrons. The number of hydrogen-bond donors (Lipinski definition) is 4. The maximum atomic E-state index is 12.5. The van der Waals surface area contributed by atoms with E-state index in [0.29, 0.717) is 10.2 Å². The van der Waals surface area contributed by atoms with Crippen LogP contribution in [0.5, 0.6) is 0 Å². The molecule has 0 saturated heterocycles. The van der Waals surface area contributed by atoms with Crippen LogP contribution in [-0.4, -0.2) is 47.4 Å². The molecule has 0 radical (unpaired) electrons. The number of ether oxygens (including phenoxy) is 1. The SMILES string of the molecule is O=C(Nc1ccc(Br)c(C(=O)NC(CO)C(=O)O)c1)OCC1c2ccccc2-c2ccccc21. The largest absolute Gasteiger partial charge is 0.480 e. The van der Waals surface area contributed by atoms with E-state index in [2.05, 4.69) is 26.6 Å². The van der Waals surface area contributed by atoms with Gasteiger partial charge in [-0.25, -0.2) is 9.59 Å². The van der Waals surface area contributed by atoms with Crippen LogP contribution in [0.1, 0.15) is 27.4 Å².